The van der Waals surface area contributed by atoms with E-state index in [9.17, 15) is 21.6 Å². The molecule has 0 saturated carbocycles. The maximum Gasteiger partial charge on any atom is 0.393 e. The van der Waals surface area contributed by atoms with Gasteiger partial charge in [0.15, 0.2) is 0 Å². The summed E-state index contributed by atoms with van der Waals surface area (Å²) in [4.78, 5) is 2.36. The van der Waals surface area contributed by atoms with Gasteiger partial charge in [0, 0.05) is 45.3 Å². The van der Waals surface area contributed by atoms with E-state index in [1.807, 2.05) is 0 Å². The van der Waals surface area contributed by atoms with E-state index in [-0.39, 0.29) is 16.5 Å². The van der Waals surface area contributed by atoms with Crippen LogP contribution in [0.1, 0.15) is 12.0 Å². The van der Waals surface area contributed by atoms with E-state index >= 15 is 0 Å². The summed E-state index contributed by atoms with van der Waals surface area (Å²) in [6.45, 7) is 4.51. The topological polar surface area (TPSA) is 52.7 Å². The van der Waals surface area contributed by atoms with Gasteiger partial charge < -0.3 is 5.32 Å². The van der Waals surface area contributed by atoms with Crippen LogP contribution in [0.3, 0.4) is 0 Å². The lowest BCUT2D eigenvalue weighted by Gasteiger charge is -2.32. The Kier molecular flexibility index (Phi) is 5.38. The molecule has 2 saturated heterocycles. The second-order valence-corrected chi connectivity index (χ2v) is 8.47. The van der Waals surface area contributed by atoms with Gasteiger partial charge in [-0.15, -0.1) is 0 Å². The number of halogens is 3. The lowest BCUT2D eigenvalue weighted by Crippen LogP contribution is -2.49. The van der Waals surface area contributed by atoms with Crippen LogP contribution in [-0.4, -0.2) is 69.1 Å². The van der Waals surface area contributed by atoms with Crippen molar-refractivity contribution >= 4 is 10.0 Å². The molecule has 0 aliphatic carbocycles. The monoisotopic (exact) mass is 377 g/mol. The number of benzene rings is 1. The lowest BCUT2D eigenvalue weighted by molar-refractivity contribution is -0.127. The summed E-state index contributed by atoms with van der Waals surface area (Å²) >= 11 is 0. The maximum absolute atomic E-state index is 12.7. The van der Waals surface area contributed by atoms with Crippen molar-refractivity contribution in [3.05, 3.63) is 29.8 Å². The Labute approximate surface area is 145 Å². The van der Waals surface area contributed by atoms with Crippen LogP contribution in [0.15, 0.2) is 29.2 Å². The Morgan fingerprint density at radius 3 is 2.32 bits per heavy atom. The number of rotatable bonds is 4. The zero-order valence-electron chi connectivity index (χ0n) is 13.8. The molecule has 0 radical (unpaired) electrons. The highest BCUT2D eigenvalue weighted by Crippen LogP contribution is 2.26. The normalized spacial score (nSPS) is 23.9. The zero-order valence-corrected chi connectivity index (χ0v) is 14.6. The first-order valence-electron chi connectivity index (χ1n) is 8.36. The molecule has 2 aliphatic heterocycles. The Morgan fingerprint density at radius 1 is 1.08 bits per heavy atom. The molecule has 0 spiro atoms. The van der Waals surface area contributed by atoms with Crippen LogP contribution in [0.5, 0.6) is 0 Å². The van der Waals surface area contributed by atoms with Crippen molar-refractivity contribution in [2.45, 2.75) is 30.0 Å². The van der Waals surface area contributed by atoms with E-state index in [4.69, 9.17) is 0 Å². The minimum Gasteiger partial charge on any atom is -0.314 e. The van der Waals surface area contributed by atoms with Gasteiger partial charge in [-0.3, -0.25) is 4.90 Å². The standard InChI is InChI=1S/C16H22F3N3O2S/c17-16(18,19)11-13-1-3-15(4-2-13)25(23,24)22-8-5-14(12-22)21-9-6-20-7-10-21/h1-4,14,20H,5-12H2. The highest BCUT2D eigenvalue weighted by molar-refractivity contribution is 7.89. The fraction of sp³-hybridized carbons (Fsp3) is 0.625. The highest BCUT2D eigenvalue weighted by Gasteiger charge is 2.35. The summed E-state index contributed by atoms with van der Waals surface area (Å²) in [6.07, 6.45) is -4.57. The highest BCUT2D eigenvalue weighted by atomic mass is 32.2. The molecule has 25 heavy (non-hydrogen) atoms. The van der Waals surface area contributed by atoms with Crippen molar-refractivity contribution < 1.29 is 21.6 Å². The molecule has 1 N–H and O–H groups in total. The molecular weight excluding hydrogens is 355 g/mol. The van der Waals surface area contributed by atoms with E-state index in [1.54, 1.807) is 0 Å². The number of nitrogens with one attached hydrogen (secondary N) is 1. The second-order valence-electron chi connectivity index (χ2n) is 6.53. The molecule has 1 aromatic rings. The summed E-state index contributed by atoms with van der Waals surface area (Å²) in [6, 6.07) is 5.23. The Morgan fingerprint density at radius 2 is 1.72 bits per heavy atom. The number of hydrogen-bond acceptors (Lipinski definition) is 4. The van der Waals surface area contributed by atoms with E-state index in [2.05, 4.69) is 10.2 Å². The summed E-state index contributed by atoms with van der Waals surface area (Å²) in [5, 5.41) is 3.27. The van der Waals surface area contributed by atoms with Gasteiger partial charge in [0.2, 0.25) is 10.0 Å². The number of nitrogens with zero attached hydrogens (tertiary/aromatic N) is 2. The van der Waals surface area contributed by atoms with E-state index in [0.29, 0.717) is 13.1 Å². The molecule has 0 bridgehead atoms. The Balaban J connectivity index is 1.67. The first kappa shape index (κ1) is 18.6. The van der Waals surface area contributed by atoms with Crippen molar-refractivity contribution in [1.29, 1.82) is 0 Å². The van der Waals surface area contributed by atoms with Crippen molar-refractivity contribution in [3.63, 3.8) is 0 Å². The molecule has 2 aliphatic rings. The van der Waals surface area contributed by atoms with Gasteiger partial charge in [0.25, 0.3) is 0 Å². The third-order valence-electron chi connectivity index (χ3n) is 4.76. The number of piperazine rings is 1. The van der Waals surface area contributed by atoms with Gasteiger partial charge >= 0.3 is 6.18 Å². The summed E-state index contributed by atoms with van der Waals surface area (Å²) in [7, 11) is -3.66. The largest absolute Gasteiger partial charge is 0.393 e. The summed E-state index contributed by atoms with van der Waals surface area (Å²) < 4.78 is 64.1. The van der Waals surface area contributed by atoms with Crippen LogP contribution < -0.4 is 5.32 Å². The molecule has 3 rings (SSSR count). The molecule has 2 heterocycles. The number of alkyl halides is 3. The van der Waals surface area contributed by atoms with Crippen molar-refractivity contribution in [2.75, 3.05) is 39.3 Å². The van der Waals surface area contributed by atoms with Crippen LogP contribution in [-0.2, 0) is 16.4 Å². The van der Waals surface area contributed by atoms with Crippen molar-refractivity contribution in [3.8, 4) is 0 Å². The fourth-order valence-corrected chi connectivity index (χ4v) is 4.93. The third kappa shape index (κ3) is 4.52. The van der Waals surface area contributed by atoms with Crippen LogP contribution in [0.25, 0.3) is 0 Å². The lowest BCUT2D eigenvalue weighted by atomic mass is 10.1. The molecule has 2 fully saturated rings. The predicted octanol–water partition coefficient (Wildman–Crippen LogP) is 1.46. The SMILES string of the molecule is O=S(=O)(c1ccc(CC(F)(F)F)cc1)N1CCC(N2CCNCC2)C1. The fourth-order valence-electron chi connectivity index (χ4n) is 3.43. The second kappa shape index (κ2) is 7.22. The van der Waals surface area contributed by atoms with Gasteiger partial charge in [-0.1, -0.05) is 12.1 Å². The third-order valence-corrected chi connectivity index (χ3v) is 6.64. The molecule has 140 valence electrons. The van der Waals surface area contributed by atoms with Crippen molar-refractivity contribution in [2.24, 2.45) is 0 Å². The first-order valence-corrected chi connectivity index (χ1v) is 9.80. The van der Waals surface area contributed by atoms with Crippen LogP contribution >= 0.6 is 0 Å². The molecule has 1 aromatic carbocycles. The van der Waals surface area contributed by atoms with E-state index < -0.39 is 22.6 Å². The molecule has 0 aromatic heterocycles. The maximum atomic E-state index is 12.7. The molecule has 0 amide bonds. The molecule has 5 nitrogen and oxygen atoms in total. The average Bonchev–Trinajstić information content (AvgIpc) is 3.05. The Bertz CT molecular complexity index is 686. The van der Waals surface area contributed by atoms with Crippen molar-refractivity contribution in [1.82, 2.24) is 14.5 Å². The van der Waals surface area contributed by atoms with Gasteiger partial charge in [0.1, 0.15) is 0 Å². The van der Waals surface area contributed by atoms with Crippen LogP contribution in [0.4, 0.5) is 13.2 Å². The minimum absolute atomic E-state index is 0.0550. The van der Waals surface area contributed by atoms with Gasteiger partial charge in [0.05, 0.1) is 11.3 Å². The van der Waals surface area contributed by atoms with Gasteiger partial charge in [-0.05, 0) is 24.1 Å². The van der Waals surface area contributed by atoms with Crippen LogP contribution in [0.2, 0.25) is 0 Å². The molecular formula is C16H22F3N3O2S. The molecule has 9 heteroatoms. The number of sulfonamides is 1. The Hall–Kier alpha value is -1.16. The first-order chi connectivity index (χ1) is 11.8. The predicted molar refractivity (Wildman–Crippen MR) is 87.8 cm³/mol. The van der Waals surface area contributed by atoms with E-state index in [0.717, 1.165) is 32.6 Å². The number of hydrogen-bond donors (Lipinski definition) is 1. The summed E-state index contributed by atoms with van der Waals surface area (Å²) in [5.41, 5.74) is 0.0616. The zero-order chi connectivity index (χ0) is 18.1. The van der Waals surface area contributed by atoms with E-state index in [1.165, 1.54) is 28.6 Å². The molecule has 1 unspecified atom stereocenters. The molecule has 1 atom stereocenters. The van der Waals surface area contributed by atoms with Crippen LogP contribution in [0, 0.1) is 0 Å². The smallest absolute Gasteiger partial charge is 0.314 e. The summed E-state index contributed by atoms with van der Waals surface area (Å²) in [5.74, 6) is 0. The minimum atomic E-state index is -4.30. The quantitative estimate of drug-likeness (QED) is 0.863. The van der Waals surface area contributed by atoms with Gasteiger partial charge in [-0.2, -0.15) is 17.5 Å². The average molecular weight is 377 g/mol. The van der Waals surface area contributed by atoms with Gasteiger partial charge in [-0.25, -0.2) is 8.42 Å².